The molecule has 0 aliphatic rings. The second-order valence-electron chi connectivity index (χ2n) is 18.6. The minimum Gasteiger partial charge on any atom is -0.466 e. The lowest BCUT2D eigenvalue weighted by molar-refractivity contribution is -0.166. The molecule has 0 unspecified atom stereocenters. The van der Waals surface area contributed by atoms with Crippen LogP contribution in [0.25, 0.3) is 0 Å². The molecule has 0 aromatic heterocycles. The highest BCUT2D eigenvalue weighted by Crippen LogP contribution is 2.26. The summed E-state index contributed by atoms with van der Waals surface area (Å²) in [6, 6.07) is 0. The van der Waals surface area contributed by atoms with Crippen LogP contribution in [0, 0.1) is 27.1 Å². The van der Waals surface area contributed by atoms with Crippen molar-refractivity contribution in [3.63, 3.8) is 0 Å². The highest BCUT2D eigenvalue weighted by Gasteiger charge is 2.32. The lowest BCUT2D eigenvalue weighted by atomic mass is 9.91. The van der Waals surface area contributed by atoms with Gasteiger partial charge in [-0.15, -0.1) is 0 Å². The van der Waals surface area contributed by atoms with E-state index in [0.717, 1.165) is 20.3 Å². The Kier molecular flexibility index (Phi) is 35.3. The molecule has 0 saturated carbocycles. The highest BCUT2D eigenvalue weighted by molar-refractivity contribution is 5.77. The molecule has 0 amide bonds. The van der Waals surface area contributed by atoms with Crippen LogP contribution < -0.4 is 0 Å². The van der Waals surface area contributed by atoms with Gasteiger partial charge in [0.15, 0.2) is 0 Å². The van der Waals surface area contributed by atoms with Crippen LogP contribution in [-0.4, -0.2) is 87.3 Å². The van der Waals surface area contributed by atoms with Gasteiger partial charge in [0, 0.05) is 19.3 Å². The molecule has 65 heavy (non-hydrogen) atoms. The van der Waals surface area contributed by atoms with Gasteiger partial charge in [-0.3, -0.25) is 24.0 Å². The lowest BCUT2D eigenvalue weighted by Crippen LogP contribution is -2.27. The number of halogens is 9. The zero-order valence-electron chi connectivity index (χ0n) is 42.5. The fourth-order valence-electron chi connectivity index (χ4n) is 2.98. The average molecular weight is 967 g/mol. The Balaban J connectivity index is -0.000000232. The maximum absolute atomic E-state index is 12.4. The molecular formula is C46H83F9O10. The molecule has 0 atom stereocenters. The van der Waals surface area contributed by atoms with E-state index < -0.39 is 95.9 Å². The summed E-state index contributed by atoms with van der Waals surface area (Å²) in [4.78, 5) is 56.1. The van der Waals surface area contributed by atoms with E-state index in [4.69, 9.17) is 14.2 Å². The molecule has 0 aromatic carbocycles. The van der Waals surface area contributed by atoms with Crippen molar-refractivity contribution >= 4 is 29.8 Å². The van der Waals surface area contributed by atoms with Crippen molar-refractivity contribution in [3.05, 3.63) is 0 Å². The molecule has 0 radical (unpaired) electrons. The largest absolute Gasteiger partial charge is 0.466 e. The van der Waals surface area contributed by atoms with Crippen molar-refractivity contribution in [2.24, 2.45) is 27.1 Å². The summed E-state index contributed by atoms with van der Waals surface area (Å²) in [6.07, 6.45) is -5.71. The van der Waals surface area contributed by atoms with E-state index >= 15 is 0 Å². The van der Waals surface area contributed by atoms with Gasteiger partial charge in [0.2, 0.25) is 18.3 Å². The molecule has 0 aliphatic carbocycles. The van der Waals surface area contributed by atoms with E-state index in [1.54, 1.807) is 62.3 Å². The van der Waals surface area contributed by atoms with Gasteiger partial charge >= 0.3 is 36.0 Å². The third-order valence-corrected chi connectivity index (χ3v) is 10.2. The number of carbonyl (C=O) groups is 5. The molecule has 0 aliphatic heterocycles. The van der Waals surface area contributed by atoms with Gasteiger partial charge in [-0.2, -0.15) is 13.2 Å². The molecule has 0 bridgehead atoms. The topological polar surface area (TPSA) is 132 Å². The van der Waals surface area contributed by atoms with Gasteiger partial charge < -0.3 is 23.7 Å². The van der Waals surface area contributed by atoms with Gasteiger partial charge in [-0.05, 0) is 122 Å². The molecule has 0 N–H and O–H groups in total. The van der Waals surface area contributed by atoms with Crippen LogP contribution in [0.15, 0.2) is 0 Å². The van der Waals surface area contributed by atoms with Crippen LogP contribution in [0.5, 0.6) is 0 Å². The summed E-state index contributed by atoms with van der Waals surface area (Å²) in [5, 5.41) is 0. The molecule has 0 rings (SSSR count). The molecule has 19 heteroatoms. The SMILES string of the molecule is CCC(C)(C)C(=O)OCCC(C)(F)F.CCC(C)(C)C(=O)OCCC(C)(F)F.CCC(C)(C)C(=O)OCCC(F)(F)F.CCC(C)(C)C(=O)OCCC(F)F.CCOC(=O)C(C)(C)CC. The molecule has 0 aromatic rings. The van der Waals surface area contributed by atoms with Crippen molar-refractivity contribution in [1.82, 2.24) is 0 Å². The van der Waals surface area contributed by atoms with Gasteiger partial charge in [-0.1, -0.05) is 34.6 Å². The van der Waals surface area contributed by atoms with Crippen molar-refractivity contribution in [2.45, 2.75) is 207 Å². The second kappa shape index (κ2) is 32.4. The van der Waals surface area contributed by atoms with Crippen LogP contribution in [0.3, 0.4) is 0 Å². The Bertz CT molecular complexity index is 1230. The van der Waals surface area contributed by atoms with E-state index in [1.807, 2.05) is 48.5 Å². The number of hydrogen-bond donors (Lipinski definition) is 0. The van der Waals surface area contributed by atoms with E-state index in [9.17, 15) is 63.5 Å². The van der Waals surface area contributed by atoms with Gasteiger partial charge in [-0.25, -0.2) is 26.3 Å². The predicted octanol–water partition coefficient (Wildman–Crippen LogP) is 13.5. The first-order valence-corrected chi connectivity index (χ1v) is 22.0. The van der Waals surface area contributed by atoms with Crippen molar-refractivity contribution < 1.29 is 87.2 Å². The summed E-state index contributed by atoms with van der Waals surface area (Å²) >= 11 is 0. The van der Waals surface area contributed by atoms with Crippen LogP contribution in [-0.2, 0) is 47.7 Å². The predicted molar refractivity (Wildman–Crippen MR) is 233 cm³/mol. The Labute approximate surface area is 383 Å². The number of hydrogen-bond acceptors (Lipinski definition) is 10. The van der Waals surface area contributed by atoms with Crippen LogP contribution in [0.4, 0.5) is 39.5 Å². The maximum atomic E-state index is 12.4. The number of alkyl halides is 9. The Morgan fingerprint density at radius 2 is 0.585 bits per heavy atom. The summed E-state index contributed by atoms with van der Waals surface area (Å²) in [7, 11) is 0. The fraction of sp³-hybridized carbons (Fsp3) is 0.891. The van der Waals surface area contributed by atoms with Crippen LogP contribution in [0.1, 0.15) is 182 Å². The molecule has 390 valence electrons. The Hall–Kier alpha value is -3.28. The molecule has 10 nitrogen and oxygen atoms in total. The Morgan fingerprint density at radius 1 is 0.369 bits per heavy atom. The quantitative estimate of drug-likeness (QED) is 0.0587. The lowest BCUT2D eigenvalue weighted by Gasteiger charge is -2.20. The third kappa shape index (κ3) is 40.7. The van der Waals surface area contributed by atoms with E-state index in [1.165, 1.54) is 0 Å². The summed E-state index contributed by atoms with van der Waals surface area (Å²) < 4.78 is 131. The second-order valence-corrected chi connectivity index (χ2v) is 18.6. The number of esters is 5. The van der Waals surface area contributed by atoms with Gasteiger partial charge in [0.1, 0.15) is 0 Å². The first-order valence-electron chi connectivity index (χ1n) is 22.0. The molecule has 0 spiro atoms. The Morgan fingerprint density at radius 3 is 0.769 bits per heavy atom. The zero-order valence-corrected chi connectivity index (χ0v) is 42.5. The number of carbonyl (C=O) groups excluding carboxylic acids is 5. The van der Waals surface area contributed by atoms with E-state index in [2.05, 4.69) is 9.47 Å². The third-order valence-electron chi connectivity index (χ3n) is 10.2. The van der Waals surface area contributed by atoms with E-state index in [0.29, 0.717) is 32.3 Å². The van der Waals surface area contributed by atoms with Crippen molar-refractivity contribution in [1.29, 1.82) is 0 Å². The monoisotopic (exact) mass is 967 g/mol. The first-order chi connectivity index (χ1) is 29.0. The van der Waals surface area contributed by atoms with E-state index in [-0.39, 0.29) is 37.6 Å². The first kappa shape index (κ1) is 70.7. The minimum absolute atomic E-state index is 0.0995. The van der Waals surface area contributed by atoms with Crippen molar-refractivity contribution in [3.8, 4) is 0 Å². The minimum atomic E-state index is -4.27. The normalized spacial score (nSPS) is 12.3. The molecule has 0 saturated heterocycles. The highest BCUT2D eigenvalue weighted by atomic mass is 19.4. The molecule has 0 fully saturated rings. The van der Waals surface area contributed by atoms with Crippen molar-refractivity contribution in [2.75, 3.05) is 33.0 Å². The average Bonchev–Trinajstić information content (AvgIpc) is 3.17. The summed E-state index contributed by atoms with van der Waals surface area (Å²) in [5.74, 6) is -7.45. The smallest absolute Gasteiger partial charge is 0.392 e. The number of rotatable bonds is 22. The fourth-order valence-corrected chi connectivity index (χ4v) is 2.98. The summed E-state index contributed by atoms with van der Waals surface area (Å²) in [6.45, 7) is 29.5. The molecule has 0 heterocycles. The molecular weight excluding hydrogens is 883 g/mol. The standard InChI is InChI=1S/2C10H18F2O2.C9H15F3O2.C9H16F2O2.C8H16O2/c2*1-5-9(2,3)8(13)14-7-6-10(4,11)12;1-4-8(2,3)7(13)14-6-5-9(10,11)12;1-4-9(2,3)8(12)13-6-5-7(10)11;1-5-8(3,4)7(9)10-6-2/h2*5-7H2,1-4H3;4-6H2,1-3H3;7H,4-6H2,1-3H3;5-6H2,1-4H3. The summed E-state index contributed by atoms with van der Waals surface area (Å²) in [5.41, 5.74) is -2.74. The van der Waals surface area contributed by atoms with Crippen LogP contribution >= 0.6 is 0 Å². The maximum Gasteiger partial charge on any atom is 0.392 e. The van der Waals surface area contributed by atoms with Gasteiger partial charge in [0.25, 0.3) is 0 Å². The van der Waals surface area contributed by atoms with Gasteiger partial charge in [0.05, 0.1) is 66.5 Å². The zero-order chi connectivity index (χ0) is 52.9. The number of ether oxygens (including phenoxy) is 5. The van der Waals surface area contributed by atoms with Crippen LogP contribution in [0.2, 0.25) is 0 Å².